The molecule has 23 heavy (non-hydrogen) atoms. The average Bonchev–Trinajstić information content (AvgIpc) is 3.17. The van der Waals surface area contributed by atoms with E-state index in [4.69, 9.17) is 0 Å². The zero-order chi connectivity index (χ0) is 16.5. The fourth-order valence-corrected chi connectivity index (χ4v) is 3.26. The van der Waals surface area contributed by atoms with E-state index in [0.29, 0.717) is 0 Å². The standard InChI is InChI=1S/2C11H17.Fe/c1-4-9-7-10(5-2)11(6-3)8-9;1-4-9-7-8-10(5-2)11(9)6-3;/h2*7-8H,4-6H2,1-3H3;/q-1;-5;. The third kappa shape index (κ3) is 5.97. The number of hydrogen-bond acceptors (Lipinski definition) is 0. The molecule has 0 atom stereocenters. The van der Waals surface area contributed by atoms with E-state index in [1.165, 1.54) is 44.1 Å². The molecule has 0 aromatic heterocycles. The normalized spacial score (nSPS) is 10.0. The summed E-state index contributed by atoms with van der Waals surface area (Å²) in [5.74, 6) is 0. The summed E-state index contributed by atoms with van der Waals surface area (Å²) in [7, 11) is 0. The fraction of sp³-hybridized carbons (Fsp3) is 0.545. The summed E-state index contributed by atoms with van der Waals surface area (Å²) in [6, 6.07) is 9.24. The van der Waals surface area contributed by atoms with Crippen LogP contribution in [0.15, 0.2) is 24.3 Å². The first-order valence-electron chi connectivity index (χ1n) is 9.18. The van der Waals surface area contributed by atoms with E-state index in [2.05, 4.69) is 65.8 Å². The Balaban J connectivity index is 0.000000403. The van der Waals surface area contributed by atoms with Gasteiger partial charge in [0.05, 0.1) is 0 Å². The zero-order valence-electron chi connectivity index (χ0n) is 15.9. The van der Waals surface area contributed by atoms with Crippen molar-refractivity contribution in [3.63, 3.8) is 0 Å². The van der Waals surface area contributed by atoms with Gasteiger partial charge in [0.2, 0.25) is 0 Å². The molecule has 0 aliphatic rings. The van der Waals surface area contributed by atoms with Crippen LogP contribution in [0.3, 0.4) is 0 Å². The van der Waals surface area contributed by atoms with Crippen molar-refractivity contribution >= 4 is 0 Å². The summed E-state index contributed by atoms with van der Waals surface area (Å²) in [5, 5.41) is 0. The van der Waals surface area contributed by atoms with Gasteiger partial charge in [-0.2, -0.15) is 28.8 Å². The van der Waals surface area contributed by atoms with Gasteiger partial charge in [0.1, 0.15) is 0 Å². The van der Waals surface area contributed by atoms with Crippen LogP contribution in [0.25, 0.3) is 0 Å². The van der Waals surface area contributed by atoms with Crippen molar-refractivity contribution in [2.24, 2.45) is 0 Å². The van der Waals surface area contributed by atoms with E-state index in [-0.39, 0.29) is 17.1 Å². The largest absolute Gasteiger partial charge is 0.745 e. The predicted molar refractivity (Wildman–Crippen MR) is 100 cm³/mol. The smallest absolute Gasteiger partial charge is 0 e. The monoisotopic (exact) mass is 354 g/mol. The first-order valence-corrected chi connectivity index (χ1v) is 9.18. The Labute approximate surface area is 154 Å². The Morgan fingerprint density at radius 3 is 1.39 bits per heavy atom. The molecule has 0 heterocycles. The Kier molecular flexibility index (Phi) is 11.3. The minimum absolute atomic E-state index is 0. The van der Waals surface area contributed by atoms with Crippen LogP contribution in [0.5, 0.6) is 0 Å². The van der Waals surface area contributed by atoms with Gasteiger partial charge in [-0.3, -0.25) is 0 Å². The molecule has 0 amide bonds. The SMILES string of the molecule is CC[c-]1[cH-][cH-][c-](CC)[c-]1CC.CCc1c[c-](CC)cc1CC.[Fe]. The van der Waals surface area contributed by atoms with Crippen molar-refractivity contribution in [1.82, 2.24) is 0 Å². The van der Waals surface area contributed by atoms with Crippen LogP contribution in [-0.4, -0.2) is 0 Å². The quantitative estimate of drug-likeness (QED) is 0.429. The molecule has 0 radical (unpaired) electrons. The Morgan fingerprint density at radius 1 is 0.696 bits per heavy atom. The maximum Gasteiger partial charge on any atom is 0 e. The van der Waals surface area contributed by atoms with Crippen molar-refractivity contribution in [3.05, 3.63) is 57.6 Å². The van der Waals surface area contributed by atoms with Gasteiger partial charge < -0.3 is 28.8 Å². The molecule has 2 aromatic carbocycles. The number of rotatable bonds is 6. The molecular formula is C22H34Fe-6. The van der Waals surface area contributed by atoms with Crippen LogP contribution < -0.4 is 0 Å². The fourth-order valence-electron chi connectivity index (χ4n) is 3.26. The second-order valence-electron chi connectivity index (χ2n) is 5.90. The third-order valence-electron chi connectivity index (χ3n) is 4.68. The summed E-state index contributed by atoms with van der Waals surface area (Å²) >= 11 is 0. The van der Waals surface area contributed by atoms with Gasteiger partial charge in [-0.25, -0.2) is 19.3 Å². The van der Waals surface area contributed by atoms with Gasteiger partial charge in [-0.05, 0) is 0 Å². The van der Waals surface area contributed by atoms with Crippen LogP contribution >= 0.6 is 0 Å². The second kappa shape index (κ2) is 11.7. The predicted octanol–water partition coefficient (Wildman–Crippen LogP) is 6.18. The molecule has 0 aliphatic carbocycles. The average molecular weight is 354 g/mol. The molecule has 2 aromatic rings. The molecule has 0 aliphatic heterocycles. The van der Waals surface area contributed by atoms with Gasteiger partial charge in [0, 0.05) is 17.1 Å². The van der Waals surface area contributed by atoms with Gasteiger partial charge in [-0.15, -0.1) is 0 Å². The third-order valence-corrected chi connectivity index (χ3v) is 4.68. The van der Waals surface area contributed by atoms with Gasteiger partial charge in [0.25, 0.3) is 0 Å². The van der Waals surface area contributed by atoms with Crippen molar-refractivity contribution in [2.45, 2.75) is 80.1 Å². The van der Waals surface area contributed by atoms with Crippen LogP contribution in [0, 0.1) is 0 Å². The molecule has 0 spiro atoms. The van der Waals surface area contributed by atoms with Gasteiger partial charge in [-0.1, -0.05) is 60.8 Å². The number of aryl methyl sites for hydroxylation is 5. The molecule has 1 heteroatoms. The van der Waals surface area contributed by atoms with Crippen LogP contribution in [0.1, 0.15) is 74.9 Å². The molecule has 0 bridgehead atoms. The summed E-state index contributed by atoms with van der Waals surface area (Å²) in [6.45, 7) is 13.4. The molecule has 136 valence electrons. The van der Waals surface area contributed by atoms with Crippen LogP contribution in [-0.2, 0) is 55.6 Å². The summed E-state index contributed by atoms with van der Waals surface area (Å²) in [5.41, 5.74) is 9.27. The molecule has 0 unspecified atom stereocenters. The maximum absolute atomic E-state index is 2.35. The molecule has 2 rings (SSSR count). The Bertz CT molecular complexity index is 495. The Hall–Kier alpha value is -0.781. The van der Waals surface area contributed by atoms with E-state index in [0.717, 1.165) is 0 Å². The topological polar surface area (TPSA) is 0 Å². The maximum atomic E-state index is 2.35. The molecule has 0 saturated carbocycles. The van der Waals surface area contributed by atoms with E-state index in [1.54, 1.807) is 27.8 Å². The first kappa shape index (κ1) is 22.2. The van der Waals surface area contributed by atoms with Gasteiger partial charge >= 0.3 is 0 Å². The molecule has 0 fully saturated rings. The molecule has 0 N–H and O–H groups in total. The zero-order valence-corrected chi connectivity index (χ0v) is 17.0. The van der Waals surface area contributed by atoms with E-state index >= 15 is 0 Å². The summed E-state index contributed by atoms with van der Waals surface area (Å²) < 4.78 is 0. The Morgan fingerprint density at radius 2 is 1.13 bits per heavy atom. The molecular weight excluding hydrogens is 320 g/mol. The number of hydrogen-bond donors (Lipinski definition) is 0. The van der Waals surface area contributed by atoms with Crippen LogP contribution in [0.2, 0.25) is 0 Å². The van der Waals surface area contributed by atoms with E-state index in [1.807, 2.05) is 0 Å². The molecule has 0 saturated heterocycles. The van der Waals surface area contributed by atoms with Crippen molar-refractivity contribution in [1.29, 1.82) is 0 Å². The van der Waals surface area contributed by atoms with E-state index in [9.17, 15) is 0 Å². The van der Waals surface area contributed by atoms with E-state index < -0.39 is 0 Å². The van der Waals surface area contributed by atoms with Crippen molar-refractivity contribution in [2.75, 3.05) is 0 Å². The van der Waals surface area contributed by atoms with Crippen LogP contribution in [0.4, 0.5) is 0 Å². The van der Waals surface area contributed by atoms with Gasteiger partial charge in [0.15, 0.2) is 0 Å². The van der Waals surface area contributed by atoms with Crippen molar-refractivity contribution < 1.29 is 17.1 Å². The minimum Gasteiger partial charge on any atom is -0.745 e. The molecule has 0 nitrogen and oxygen atoms in total. The van der Waals surface area contributed by atoms with Crippen molar-refractivity contribution in [3.8, 4) is 0 Å². The summed E-state index contributed by atoms with van der Waals surface area (Å²) in [4.78, 5) is 0. The first-order chi connectivity index (χ1) is 10.6. The summed E-state index contributed by atoms with van der Waals surface area (Å²) in [6.07, 6.45) is 7.10. The minimum atomic E-state index is 0. The second-order valence-corrected chi connectivity index (χ2v) is 5.90.